The molecule has 0 saturated heterocycles. The number of carbonyl (C=O) groups excluding carboxylic acids is 1. The van der Waals surface area contributed by atoms with Gasteiger partial charge in [0.15, 0.2) is 0 Å². The van der Waals surface area contributed by atoms with Gasteiger partial charge in [0.2, 0.25) is 5.72 Å². The Morgan fingerprint density at radius 3 is 2.53 bits per heavy atom. The van der Waals surface area contributed by atoms with Crippen molar-refractivity contribution in [3.8, 4) is 5.88 Å². The molecule has 1 aliphatic heterocycles. The van der Waals surface area contributed by atoms with Crippen LogP contribution < -0.4 is 4.74 Å². The van der Waals surface area contributed by atoms with Crippen molar-refractivity contribution < 1.29 is 23.5 Å². The monoisotopic (exact) mass is 440 g/mol. The quantitative estimate of drug-likeness (QED) is 0.290. The van der Waals surface area contributed by atoms with Gasteiger partial charge in [-0.15, -0.1) is 4.37 Å². The zero-order valence-corrected chi connectivity index (χ0v) is 20.4. The highest BCUT2D eigenvalue weighted by Crippen LogP contribution is 2.35. The fourth-order valence-corrected chi connectivity index (χ4v) is 3.96. The summed E-state index contributed by atoms with van der Waals surface area (Å²) in [6.07, 6.45) is 7.03. The van der Waals surface area contributed by atoms with Gasteiger partial charge in [-0.2, -0.15) is 4.37 Å². The van der Waals surface area contributed by atoms with Crippen molar-refractivity contribution in [3.63, 3.8) is 0 Å². The molecule has 7 nitrogen and oxygen atoms in total. The summed E-state index contributed by atoms with van der Waals surface area (Å²) in [5, 5.41) is 0. The summed E-state index contributed by atoms with van der Waals surface area (Å²) < 4.78 is 26.5. The summed E-state index contributed by atoms with van der Waals surface area (Å²) in [5.74, 6) is 0.613. The van der Waals surface area contributed by atoms with E-state index in [2.05, 4.69) is 28.8 Å². The molecule has 1 aromatic heterocycles. The van der Waals surface area contributed by atoms with Crippen molar-refractivity contribution in [2.75, 3.05) is 26.7 Å². The molecule has 0 bridgehead atoms. The summed E-state index contributed by atoms with van der Waals surface area (Å²) in [6, 6.07) is 0. The maximum atomic E-state index is 12.3. The Balaban J connectivity index is 2.06. The zero-order chi connectivity index (χ0) is 22.4. The summed E-state index contributed by atoms with van der Waals surface area (Å²) in [7, 11) is 2.10. The molecule has 0 amide bonds. The van der Waals surface area contributed by atoms with Gasteiger partial charge in [-0.3, -0.25) is 4.48 Å². The molecule has 0 fully saturated rings. The lowest BCUT2D eigenvalue weighted by atomic mass is 10.0. The van der Waals surface area contributed by atoms with Crippen LogP contribution in [0.15, 0.2) is 6.08 Å². The van der Waals surface area contributed by atoms with E-state index in [0.29, 0.717) is 23.5 Å². The number of aromatic nitrogens is 2. The topological polar surface area (TPSA) is 70.5 Å². The van der Waals surface area contributed by atoms with Crippen molar-refractivity contribution >= 4 is 23.5 Å². The molecule has 2 heterocycles. The zero-order valence-electron chi connectivity index (χ0n) is 19.6. The average Bonchev–Trinajstić information content (AvgIpc) is 3.08. The number of ether oxygens (including phenoxy) is 3. The number of hydrogen-bond acceptors (Lipinski definition) is 7. The first-order valence-electron chi connectivity index (χ1n) is 10.9. The SMILES string of the molecule is CCCCCCOc1nsnc1C1=CCC[N+](C)(C(C)(C)OC(=O)OC(C)(C)C)C1. The Hall–Kier alpha value is -1.67. The van der Waals surface area contributed by atoms with Gasteiger partial charge in [0, 0.05) is 25.8 Å². The molecule has 0 N–H and O–H groups in total. The predicted octanol–water partition coefficient (Wildman–Crippen LogP) is 5.42. The first-order chi connectivity index (χ1) is 14.0. The molecule has 8 heteroatoms. The molecule has 0 aromatic carbocycles. The van der Waals surface area contributed by atoms with E-state index in [1.807, 2.05) is 34.6 Å². The van der Waals surface area contributed by atoms with Gasteiger partial charge in [0.25, 0.3) is 5.88 Å². The lowest BCUT2D eigenvalue weighted by Crippen LogP contribution is -2.62. The van der Waals surface area contributed by atoms with Crippen LogP contribution in [0.1, 0.15) is 79.3 Å². The van der Waals surface area contributed by atoms with Crippen LogP contribution >= 0.6 is 11.7 Å². The third kappa shape index (κ3) is 6.67. The minimum atomic E-state index is -0.757. The second-order valence-electron chi connectivity index (χ2n) is 9.64. The van der Waals surface area contributed by atoms with Gasteiger partial charge in [0.05, 0.1) is 31.9 Å². The van der Waals surface area contributed by atoms with Crippen molar-refractivity contribution in [1.82, 2.24) is 8.75 Å². The van der Waals surface area contributed by atoms with Crippen LogP contribution in [0, 0.1) is 0 Å². The largest absolute Gasteiger partial charge is 0.513 e. The van der Waals surface area contributed by atoms with E-state index in [1.54, 1.807) is 0 Å². The van der Waals surface area contributed by atoms with Crippen molar-refractivity contribution in [3.05, 3.63) is 11.8 Å². The molecule has 30 heavy (non-hydrogen) atoms. The number of unbranched alkanes of at least 4 members (excludes halogenated alkanes) is 3. The highest BCUT2D eigenvalue weighted by molar-refractivity contribution is 6.99. The summed E-state index contributed by atoms with van der Waals surface area (Å²) in [5.41, 5.74) is 0.551. The molecule has 1 aromatic rings. The Morgan fingerprint density at radius 1 is 1.13 bits per heavy atom. The second kappa shape index (κ2) is 10.1. The summed E-state index contributed by atoms with van der Waals surface area (Å²) in [6.45, 7) is 13.7. The van der Waals surface area contributed by atoms with Gasteiger partial charge in [-0.05, 0) is 27.2 Å². The molecule has 2 rings (SSSR count). The molecule has 1 aliphatic rings. The van der Waals surface area contributed by atoms with Gasteiger partial charge in [-0.1, -0.05) is 32.3 Å². The van der Waals surface area contributed by atoms with E-state index in [4.69, 9.17) is 14.2 Å². The van der Waals surface area contributed by atoms with Crippen LogP contribution in [-0.2, 0) is 9.47 Å². The molecular formula is C22H38N3O4S+. The smallest absolute Gasteiger partial charge is 0.475 e. The molecule has 0 radical (unpaired) electrons. The molecule has 0 spiro atoms. The molecule has 0 aliphatic carbocycles. The molecule has 1 unspecified atom stereocenters. The van der Waals surface area contributed by atoms with Crippen LogP contribution in [0.25, 0.3) is 5.57 Å². The highest BCUT2D eigenvalue weighted by Gasteiger charge is 2.46. The second-order valence-corrected chi connectivity index (χ2v) is 10.2. The first-order valence-corrected chi connectivity index (χ1v) is 11.6. The molecule has 1 atom stereocenters. The highest BCUT2D eigenvalue weighted by atomic mass is 32.1. The molecule has 170 valence electrons. The maximum Gasteiger partial charge on any atom is 0.513 e. The minimum absolute atomic E-state index is 0.533. The van der Waals surface area contributed by atoms with Crippen molar-refractivity contribution in [2.45, 2.75) is 85.0 Å². The molecular weight excluding hydrogens is 402 g/mol. The third-order valence-electron chi connectivity index (χ3n) is 5.55. The Kier molecular flexibility index (Phi) is 8.27. The van der Waals surface area contributed by atoms with Gasteiger partial charge in [-0.25, -0.2) is 4.79 Å². The third-order valence-corrected chi connectivity index (χ3v) is 6.07. The average molecular weight is 441 g/mol. The van der Waals surface area contributed by atoms with E-state index in [1.165, 1.54) is 24.6 Å². The van der Waals surface area contributed by atoms with E-state index < -0.39 is 17.5 Å². The maximum absolute atomic E-state index is 12.3. The van der Waals surface area contributed by atoms with E-state index >= 15 is 0 Å². The Bertz CT molecular complexity index is 739. The minimum Gasteiger partial charge on any atom is -0.475 e. The van der Waals surface area contributed by atoms with Crippen molar-refractivity contribution in [1.29, 1.82) is 0 Å². The fourth-order valence-electron chi connectivity index (χ4n) is 3.43. The fraction of sp³-hybridized carbons (Fsp3) is 0.773. The Morgan fingerprint density at radius 2 is 1.87 bits per heavy atom. The van der Waals surface area contributed by atoms with Gasteiger partial charge < -0.3 is 14.2 Å². The van der Waals surface area contributed by atoms with Crippen molar-refractivity contribution in [2.24, 2.45) is 0 Å². The number of rotatable bonds is 9. The van der Waals surface area contributed by atoms with Gasteiger partial charge in [0.1, 0.15) is 17.8 Å². The van der Waals surface area contributed by atoms with Crippen LogP contribution in [-0.4, -0.2) is 57.5 Å². The molecule has 0 saturated carbocycles. The van der Waals surface area contributed by atoms with E-state index in [9.17, 15) is 4.79 Å². The Labute approximate surface area is 185 Å². The number of carbonyl (C=O) groups is 1. The number of likely N-dealkylation sites (N-methyl/N-ethyl adjacent to an activating group) is 1. The predicted molar refractivity (Wildman–Crippen MR) is 119 cm³/mol. The lowest BCUT2D eigenvalue weighted by Gasteiger charge is -2.47. The lowest BCUT2D eigenvalue weighted by molar-refractivity contribution is -0.971. The van der Waals surface area contributed by atoms with Gasteiger partial charge >= 0.3 is 6.16 Å². The van der Waals surface area contributed by atoms with E-state index in [-0.39, 0.29) is 0 Å². The standard InChI is InChI=1S/C22H38N3O4S/c1-8-9-10-11-15-27-19-18(23-30-24-19)17-13-12-14-25(7,16-17)22(5,6)29-20(26)28-21(2,3)4/h13H,8-12,14-16H2,1-7H3/q+1. The van der Waals surface area contributed by atoms with Crippen LogP contribution in [0.5, 0.6) is 5.88 Å². The summed E-state index contributed by atoms with van der Waals surface area (Å²) >= 11 is 1.17. The normalized spacial score (nSPS) is 19.9. The number of quaternary nitrogens is 1. The van der Waals surface area contributed by atoms with Crippen LogP contribution in [0.4, 0.5) is 4.79 Å². The number of hydrogen-bond donors (Lipinski definition) is 0. The van der Waals surface area contributed by atoms with Crippen LogP contribution in [0.2, 0.25) is 0 Å². The van der Waals surface area contributed by atoms with E-state index in [0.717, 1.165) is 37.1 Å². The van der Waals surface area contributed by atoms with Crippen LogP contribution in [0.3, 0.4) is 0 Å². The first kappa shape index (κ1) is 24.6. The summed E-state index contributed by atoms with van der Waals surface area (Å²) in [4.78, 5) is 12.3. The number of nitrogens with zero attached hydrogens (tertiary/aromatic N) is 3.